The summed E-state index contributed by atoms with van der Waals surface area (Å²) < 4.78 is 0. The van der Waals surface area contributed by atoms with Crippen LogP contribution in [0.2, 0.25) is 0 Å². The van der Waals surface area contributed by atoms with Gasteiger partial charge in [-0.2, -0.15) is 0 Å². The van der Waals surface area contributed by atoms with Gasteiger partial charge in [-0.3, -0.25) is 9.88 Å². The zero-order valence-electron chi connectivity index (χ0n) is 11.7. The van der Waals surface area contributed by atoms with E-state index < -0.39 is 0 Å². The van der Waals surface area contributed by atoms with Gasteiger partial charge < -0.3 is 5.73 Å². The second-order valence-electron chi connectivity index (χ2n) is 5.83. The zero-order chi connectivity index (χ0) is 14.0. The maximum atomic E-state index is 5.86. The number of likely N-dealkylation sites (tertiary alicyclic amines) is 1. The smallest absolute Gasteiger partial charge is 0.142 e. The number of aromatic nitrogens is 2. The summed E-state index contributed by atoms with van der Waals surface area (Å²) >= 11 is 1.67. The van der Waals surface area contributed by atoms with Gasteiger partial charge in [-0.05, 0) is 37.1 Å². The van der Waals surface area contributed by atoms with Crippen molar-refractivity contribution in [3.63, 3.8) is 0 Å². The number of hydrogen-bond donors (Lipinski definition) is 1. The van der Waals surface area contributed by atoms with Gasteiger partial charge in [-0.15, -0.1) is 11.3 Å². The van der Waals surface area contributed by atoms with Crippen molar-refractivity contribution in [1.29, 1.82) is 0 Å². The fourth-order valence-corrected chi connectivity index (χ4v) is 3.43. The highest BCUT2D eigenvalue weighted by molar-refractivity contribution is 7.13. The van der Waals surface area contributed by atoms with Crippen LogP contribution >= 0.6 is 11.3 Å². The van der Waals surface area contributed by atoms with Gasteiger partial charge in [0.05, 0.1) is 11.4 Å². The first-order valence-electron chi connectivity index (χ1n) is 6.97. The van der Waals surface area contributed by atoms with Gasteiger partial charge in [0, 0.05) is 24.7 Å². The number of rotatable bonds is 4. The lowest BCUT2D eigenvalue weighted by molar-refractivity contribution is 0.272. The standard InChI is InChI=1S/C15H20N4S/c1-15(10-16)5-7-19(11-15)8-12-9-20-14(18-12)13-4-2-3-6-17-13/h2-4,6,9H,5,7-8,10-11,16H2,1H3. The third kappa shape index (κ3) is 2.90. The predicted molar refractivity (Wildman–Crippen MR) is 82.4 cm³/mol. The highest BCUT2D eigenvalue weighted by Crippen LogP contribution is 2.30. The Kier molecular flexibility index (Phi) is 3.83. The van der Waals surface area contributed by atoms with Crippen LogP contribution in [-0.2, 0) is 6.54 Å². The molecule has 2 N–H and O–H groups in total. The zero-order valence-corrected chi connectivity index (χ0v) is 12.6. The highest BCUT2D eigenvalue weighted by atomic mass is 32.1. The summed E-state index contributed by atoms with van der Waals surface area (Å²) in [5.41, 5.74) is 8.22. The molecule has 1 unspecified atom stereocenters. The Morgan fingerprint density at radius 1 is 1.45 bits per heavy atom. The molecule has 1 aliphatic heterocycles. The summed E-state index contributed by atoms with van der Waals surface area (Å²) in [6, 6.07) is 5.93. The van der Waals surface area contributed by atoms with E-state index in [1.54, 1.807) is 11.3 Å². The molecule has 0 saturated carbocycles. The summed E-state index contributed by atoms with van der Waals surface area (Å²) in [7, 11) is 0. The lowest BCUT2D eigenvalue weighted by Crippen LogP contribution is -2.31. The molecule has 0 radical (unpaired) electrons. The first-order valence-corrected chi connectivity index (χ1v) is 7.85. The molecule has 4 nitrogen and oxygen atoms in total. The Balaban J connectivity index is 1.67. The third-order valence-corrected chi connectivity index (χ3v) is 4.86. The van der Waals surface area contributed by atoms with Crippen LogP contribution in [0.5, 0.6) is 0 Å². The lowest BCUT2D eigenvalue weighted by atomic mass is 9.90. The van der Waals surface area contributed by atoms with Crippen molar-refractivity contribution < 1.29 is 0 Å². The molecule has 2 aromatic heterocycles. The van der Waals surface area contributed by atoms with E-state index in [1.165, 1.54) is 6.42 Å². The van der Waals surface area contributed by atoms with E-state index in [9.17, 15) is 0 Å². The van der Waals surface area contributed by atoms with Crippen molar-refractivity contribution in [2.24, 2.45) is 11.1 Å². The lowest BCUT2D eigenvalue weighted by Gasteiger charge is -2.22. The Labute approximate surface area is 123 Å². The van der Waals surface area contributed by atoms with E-state index >= 15 is 0 Å². The van der Waals surface area contributed by atoms with Crippen LogP contribution in [0, 0.1) is 5.41 Å². The Hall–Kier alpha value is -1.30. The van der Waals surface area contributed by atoms with Gasteiger partial charge in [-0.1, -0.05) is 13.0 Å². The highest BCUT2D eigenvalue weighted by Gasteiger charge is 2.32. The summed E-state index contributed by atoms with van der Waals surface area (Å²) in [6.07, 6.45) is 2.99. The Morgan fingerprint density at radius 2 is 2.35 bits per heavy atom. The second kappa shape index (κ2) is 5.60. The summed E-state index contributed by atoms with van der Waals surface area (Å²) in [5.74, 6) is 0. The minimum absolute atomic E-state index is 0.278. The van der Waals surface area contributed by atoms with Crippen molar-refractivity contribution in [2.45, 2.75) is 19.9 Å². The van der Waals surface area contributed by atoms with Crippen LogP contribution < -0.4 is 5.73 Å². The first-order chi connectivity index (χ1) is 9.68. The first kappa shape index (κ1) is 13.7. The number of nitrogens with zero attached hydrogens (tertiary/aromatic N) is 3. The molecule has 0 aromatic carbocycles. The molecular formula is C15H20N4S. The molecule has 1 fully saturated rings. The van der Waals surface area contributed by atoms with Crippen molar-refractivity contribution in [1.82, 2.24) is 14.9 Å². The number of pyridine rings is 1. The quantitative estimate of drug-likeness (QED) is 0.938. The van der Waals surface area contributed by atoms with Crippen LogP contribution in [0.15, 0.2) is 29.8 Å². The van der Waals surface area contributed by atoms with Crippen molar-refractivity contribution in [3.05, 3.63) is 35.5 Å². The largest absolute Gasteiger partial charge is 0.330 e. The number of hydrogen-bond acceptors (Lipinski definition) is 5. The molecule has 3 heterocycles. The molecule has 1 atom stereocenters. The molecule has 0 aliphatic carbocycles. The molecule has 2 aromatic rings. The minimum atomic E-state index is 0.278. The second-order valence-corrected chi connectivity index (χ2v) is 6.69. The molecular weight excluding hydrogens is 268 g/mol. The topological polar surface area (TPSA) is 55.0 Å². The van der Waals surface area contributed by atoms with Crippen LogP contribution in [-0.4, -0.2) is 34.5 Å². The molecule has 20 heavy (non-hydrogen) atoms. The number of nitrogens with two attached hydrogens (primary N) is 1. The van der Waals surface area contributed by atoms with Crippen LogP contribution in [0.3, 0.4) is 0 Å². The third-order valence-electron chi connectivity index (χ3n) is 3.95. The maximum absolute atomic E-state index is 5.86. The molecule has 1 saturated heterocycles. The van der Waals surface area contributed by atoms with Crippen LogP contribution in [0.4, 0.5) is 0 Å². The summed E-state index contributed by atoms with van der Waals surface area (Å²) in [6.45, 7) is 6.14. The maximum Gasteiger partial charge on any atom is 0.142 e. The average Bonchev–Trinajstić information content (AvgIpc) is 3.08. The normalized spacial score (nSPS) is 23.3. The van der Waals surface area contributed by atoms with Crippen LogP contribution in [0.25, 0.3) is 10.7 Å². The molecule has 0 amide bonds. The van der Waals surface area contributed by atoms with Gasteiger partial charge in [0.2, 0.25) is 0 Å². The van der Waals surface area contributed by atoms with Crippen molar-refractivity contribution in [2.75, 3.05) is 19.6 Å². The van der Waals surface area contributed by atoms with E-state index in [4.69, 9.17) is 10.7 Å². The van der Waals surface area contributed by atoms with Gasteiger partial charge in [0.25, 0.3) is 0 Å². The average molecular weight is 288 g/mol. The fourth-order valence-electron chi connectivity index (χ4n) is 2.64. The van der Waals surface area contributed by atoms with Crippen molar-refractivity contribution >= 4 is 11.3 Å². The Morgan fingerprint density at radius 3 is 3.05 bits per heavy atom. The molecule has 1 aliphatic rings. The number of thiazole rings is 1. The minimum Gasteiger partial charge on any atom is -0.330 e. The van der Waals surface area contributed by atoms with E-state index in [0.29, 0.717) is 0 Å². The summed E-state index contributed by atoms with van der Waals surface area (Å²) in [4.78, 5) is 11.5. The molecule has 3 rings (SSSR count). The molecule has 0 spiro atoms. The predicted octanol–water partition coefficient (Wildman–Crippen LogP) is 2.38. The van der Waals surface area contributed by atoms with Gasteiger partial charge in [0.1, 0.15) is 5.01 Å². The van der Waals surface area contributed by atoms with E-state index in [-0.39, 0.29) is 5.41 Å². The monoisotopic (exact) mass is 288 g/mol. The SMILES string of the molecule is CC1(CN)CCN(Cc2csc(-c3ccccn3)n2)C1. The van der Waals surface area contributed by atoms with Gasteiger partial charge in [0.15, 0.2) is 0 Å². The molecule has 0 bridgehead atoms. The van der Waals surface area contributed by atoms with E-state index in [0.717, 1.165) is 42.6 Å². The summed E-state index contributed by atoms with van der Waals surface area (Å²) in [5, 5.41) is 3.14. The molecule has 106 valence electrons. The fraction of sp³-hybridized carbons (Fsp3) is 0.467. The van der Waals surface area contributed by atoms with Crippen LogP contribution in [0.1, 0.15) is 19.0 Å². The van der Waals surface area contributed by atoms with Gasteiger partial charge in [-0.25, -0.2) is 4.98 Å². The van der Waals surface area contributed by atoms with Crippen molar-refractivity contribution in [3.8, 4) is 10.7 Å². The molecule has 5 heteroatoms. The van der Waals surface area contributed by atoms with Gasteiger partial charge >= 0.3 is 0 Å². The Bertz CT molecular complexity index is 568. The van der Waals surface area contributed by atoms with E-state index in [1.807, 2.05) is 24.4 Å². The van der Waals surface area contributed by atoms with E-state index in [2.05, 4.69) is 22.2 Å².